The van der Waals surface area contributed by atoms with E-state index in [1.165, 1.54) is 47.8 Å². The van der Waals surface area contributed by atoms with Crippen LogP contribution >= 0.6 is 0 Å². The molecule has 9 nitrogen and oxygen atoms in total. The standard InChI is InChI=1S/C28H33N3O6S2/c1-22-7-15-27(16-8-22)39(35,36)31(24-11-13-25(37-2)14-12-24)21-28(32)29-23-9-17-26(18-10-23)38(33,34)30-19-5-3-4-6-20-30/h7-18H,3-6,19-21H2,1-2H3,(H,29,32). The maximum Gasteiger partial charge on any atom is 0.264 e. The van der Waals surface area contributed by atoms with Gasteiger partial charge in [-0.15, -0.1) is 0 Å². The number of anilines is 2. The number of amides is 1. The molecular weight excluding hydrogens is 538 g/mol. The van der Waals surface area contributed by atoms with E-state index in [9.17, 15) is 21.6 Å². The fourth-order valence-corrected chi connectivity index (χ4v) is 7.31. The SMILES string of the molecule is COc1ccc(N(CC(=O)Nc2ccc(S(=O)(=O)N3CCCCCC3)cc2)S(=O)(=O)c2ccc(C)cc2)cc1. The summed E-state index contributed by atoms with van der Waals surface area (Å²) in [4.78, 5) is 13.3. The van der Waals surface area contributed by atoms with Gasteiger partial charge in [0.1, 0.15) is 12.3 Å². The number of aryl methyl sites for hydroxylation is 1. The van der Waals surface area contributed by atoms with Crippen molar-refractivity contribution in [3.8, 4) is 5.75 Å². The number of hydrogen-bond acceptors (Lipinski definition) is 6. The molecule has 0 aromatic heterocycles. The molecule has 1 aliphatic heterocycles. The minimum atomic E-state index is -4.07. The molecule has 39 heavy (non-hydrogen) atoms. The molecule has 3 aromatic carbocycles. The van der Waals surface area contributed by atoms with Crippen LogP contribution < -0.4 is 14.4 Å². The fraction of sp³-hybridized carbons (Fsp3) is 0.321. The van der Waals surface area contributed by atoms with E-state index in [1.54, 1.807) is 36.4 Å². The summed E-state index contributed by atoms with van der Waals surface area (Å²) < 4.78 is 60.9. The van der Waals surface area contributed by atoms with Crippen LogP contribution in [-0.4, -0.2) is 53.8 Å². The molecule has 1 fully saturated rings. The Morgan fingerprint density at radius 1 is 0.821 bits per heavy atom. The second kappa shape index (κ2) is 12.2. The van der Waals surface area contributed by atoms with Crippen molar-refractivity contribution >= 4 is 37.3 Å². The number of benzene rings is 3. The maximum absolute atomic E-state index is 13.6. The molecule has 1 heterocycles. The highest BCUT2D eigenvalue weighted by atomic mass is 32.2. The molecule has 0 aliphatic carbocycles. The van der Waals surface area contributed by atoms with Gasteiger partial charge in [0.05, 0.1) is 22.6 Å². The molecule has 11 heteroatoms. The van der Waals surface area contributed by atoms with E-state index < -0.39 is 32.5 Å². The van der Waals surface area contributed by atoms with Gasteiger partial charge in [-0.2, -0.15) is 4.31 Å². The number of nitrogens with one attached hydrogen (secondary N) is 1. The second-order valence-corrected chi connectivity index (χ2v) is 13.2. The van der Waals surface area contributed by atoms with Crippen molar-refractivity contribution in [3.63, 3.8) is 0 Å². The van der Waals surface area contributed by atoms with Crippen LogP contribution in [0, 0.1) is 6.92 Å². The van der Waals surface area contributed by atoms with E-state index in [4.69, 9.17) is 4.74 Å². The monoisotopic (exact) mass is 571 g/mol. The molecule has 1 aliphatic rings. The molecular formula is C28H33N3O6S2. The number of sulfonamides is 2. The van der Waals surface area contributed by atoms with Gasteiger partial charge in [-0.25, -0.2) is 16.8 Å². The van der Waals surface area contributed by atoms with Gasteiger partial charge in [-0.1, -0.05) is 30.5 Å². The highest BCUT2D eigenvalue weighted by molar-refractivity contribution is 7.92. The Morgan fingerprint density at radius 2 is 1.38 bits per heavy atom. The van der Waals surface area contributed by atoms with E-state index in [2.05, 4.69) is 5.32 Å². The first kappa shape index (κ1) is 28.6. The van der Waals surface area contributed by atoms with Gasteiger partial charge in [0.15, 0.2) is 0 Å². The van der Waals surface area contributed by atoms with Gasteiger partial charge in [0, 0.05) is 18.8 Å². The summed E-state index contributed by atoms with van der Waals surface area (Å²) >= 11 is 0. The first-order valence-corrected chi connectivity index (χ1v) is 15.6. The summed E-state index contributed by atoms with van der Waals surface area (Å²) in [6, 6.07) is 18.7. The first-order valence-electron chi connectivity index (χ1n) is 12.7. The Labute approximate surface area is 230 Å². The molecule has 0 saturated carbocycles. The van der Waals surface area contributed by atoms with E-state index in [1.807, 2.05) is 6.92 Å². The van der Waals surface area contributed by atoms with Crippen molar-refractivity contribution in [2.75, 3.05) is 36.4 Å². The van der Waals surface area contributed by atoms with Crippen molar-refractivity contribution in [1.82, 2.24) is 4.31 Å². The Hall–Kier alpha value is -3.41. The van der Waals surface area contributed by atoms with E-state index in [-0.39, 0.29) is 9.79 Å². The van der Waals surface area contributed by atoms with Gasteiger partial charge in [-0.05, 0) is 80.4 Å². The zero-order valence-corrected chi connectivity index (χ0v) is 23.7. The molecule has 0 radical (unpaired) electrons. The van der Waals surface area contributed by atoms with Crippen LogP contribution in [0.5, 0.6) is 5.75 Å². The molecule has 0 bridgehead atoms. The van der Waals surface area contributed by atoms with Gasteiger partial charge in [-0.3, -0.25) is 9.10 Å². The summed E-state index contributed by atoms with van der Waals surface area (Å²) in [7, 11) is -6.19. The number of hydrogen-bond donors (Lipinski definition) is 1. The molecule has 1 N–H and O–H groups in total. The number of rotatable bonds is 9. The highest BCUT2D eigenvalue weighted by Crippen LogP contribution is 2.27. The minimum absolute atomic E-state index is 0.0554. The van der Waals surface area contributed by atoms with Crippen molar-refractivity contribution < 1.29 is 26.4 Å². The van der Waals surface area contributed by atoms with Crippen molar-refractivity contribution in [2.24, 2.45) is 0 Å². The van der Waals surface area contributed by atoms with E-state index >= 15 is 0 Å². The van der Waals surface area contributed by atoms with E-state index in [0.29, 0.717) is 30.2 Å². The summed E-state index contributed by atoms with van der Waals surface area (Å²) in [5.41, 5.74) is 1.56. The Bertz CT molecular complexity index is 1480. The summed E-state index contributed by atoms with van der Waals surface area (Å²) in [5.74, 6) is -0.0317. The quantitative estimate of drug-likeness (QED) is 0.407. The zero-order chi connectivity index (χ0) is 28.0. The van der Waals surface area contributed by atoms with Crippen LogP contribution in [0.4, 0.5) is 11.4 Å². The van der Waals surface area contributed by atoms with Gasteiger partial charge in [0.25, 0.3) is 10.0 Å². The smallest absolute Gasteiger partial charge is 0.264 e. The third-order valence-electron chi connectivity index (χ3n) is 6.60. The molecule has 4 rings (SSSR count). The largest absolute Gasteiger partial charge is 0.497 e. The van der Waals surface area contributed by atoms with Crippen molar-refractivity contribution in [2.45, 2.75) is 42.4 Å². The van der Waals surface area contributed by atoms with Crippen LogP contribution in [0.2, 0.25) is 0 Å². The fourth-order valence-electron chi connectivity index (χ4n) is 4.37. The predicted molar refractivity (Wildman–Crippen MR) is 151 cm³/mol. The normalized spacial score (nSPS) is 14.8. The number of nitrogens with zero attached hydrogens (tertiary/aromatic N) is 2. The lowest BCUT2D eigenvalue weighted by Crippen LogP contribution is -2.38. The molecule has 3 aromatic rings. The average molecular weight is 572 g/mol. The number of carbonyl (C=O) groups excluding carboxylic acids is 1. The molecule has 1 amide bonds. The first-order chi connectivity index (χ1) is 18.6. The van der Waals surface area contributed by atoms with Crippen LogP contribution in [0.15, 0.2) is 82.6 Å². The predicted octanol–water partition coefficient (Wildman–Crippen LogP) is 4.40. The number of carbonyl (C=O) groups is 1. The topological polar surface area (TPSA) is 113 Å². The minimum Gasteiger partial charge on any atom is -0.497 e. The Kier molecular flexibility index (Phi) is 8.94. The highest BCUT2D eigenvalue weighted by Gasteiger charge is 2.28. The lowest BCUT2D eigenvalue weighted by molar-refractivity contribution is -0.114. The number of methoxy groups -OCH3 is 1. The summed E-state index contributed by atoms with van der Waals surface area (Å²) in [6.07, 6.45) is 3.71. The molecule has 0 spiro atoms. The summed E-state index contributed by atoms with van der Waals surface area (Å²) in [6.45, 7) is 2.36. The molecule has 0 atom stereocenters. The third kappa shape index (κ3) is 6.78. The summed E-state index contributed by atoms with van der Waals surface area (Å²) in [5, 5.41) is 2.69. The lowest BCUT2D eigenvalue weighted by Gasteiger charge is -2.24. The van der Waals surface area contributed by atoms with Crippen LogP contribution in [0.25, 0.3) is 0 Å². The Balaban J connectivity index is 1.54. The van der Waals surface area contributed by atoms with Gasteiger partial charge < -0.3 is 10.1 Å². The second-order valence-electron chi connectivity index (χ2n) is 9.41. The van der Waals surface area contributed by atoms with Crippen LogP contribution in [-0.2, 0) is 24.8 Å². The van der Waals surface area contributed by atoms with Crippen LogP contribution in [0.1, 0.15) is 31.2 Å². The number of ether oxygens (including phenoxy) is 1. The maximum atomic E-state index is 13.6. The van der Waals surface area contributed by atoms with Crippen LogP contribution in [0.3, 0.4) is 0 Å². The average Bonchev–Trinajstić information content (AvgIpc) is 3.23. The zero-order valence-electron chi connectivity index (χ0n) is 22.0. The Morgan fingerprint density at radius 3 is 1.95 bits per heavy atom. The third-order valence-corrected chi connectivity index (χ3v) is 10.3. The van der Waals surface area contributed by atoms with E-state index in [0.717, 1.165) is 35.6 Å². The lowest BCUT2D eigenvalue weighted by atomic mass is 10.2. The van der Waals surface area contributed by atoms with Crippen molar-refractivity contribution in [1.29, 1.82) is 0 Å². The molecule has 0 unspecified atom stereocenters. The van der Waals surface area contributed by atoms with Gasteiger partial charge >= 0.3 is 0 Å². The molecule has 208 valence electrons. The van der Waals surface area contributed by atoms with Gasteiger partial charge in [0.2, 0.25) is 15.9 Å². The van der Waals surface area contributed by atoms with Crippen molar-refractivity contribution in [3.05, 3.63) is 78.4 Å². The molecule has 1 saturated heterocycles.